The number of nitrogens with one attached hydrogen (secondary N) is 1. The molecular weight excluding hydrogens is 678 g/mol. The van der Waals surface area contributed by atoms with Crippen LogP contribution in [-0.2, 0) is 47.5 Å². The molecular formula is C30H51NO19. The zero-order valence-electron chi connectivity index (χ0n) is 28.3. The maximum atomic E-state index is 12.4. The maximum Gasteiger partial charge on any atom is 0.335 e. The number of ether oxygens (including phenoxy) is 8. The van der Waals surface area contributed by atoms with Gasteiger partial charge in [-0.3, -0.25) is 4.79 Å². The molecule has 50 heavy (non-hydrogen) atoms. The summed E-state index contributed by atoms with van der Waals surface area (Å²) >= 11 is 0. The lowest BCUT2D eigenvalue weighted by molar-refractivity contribution is -0.374. The van der Waals surface area contributed by atoms with Gasteiger partial charge >= 0.3 is 5.97 Å². The normalized spacial score (nSPS) is 48.6. The van der Waals surface area contributed by atoms with Crippen molar-refractivity contribution >= 4 is 11.9 Å². The van der Waals surface area contributed by atoms with Crippen molar-refractivity contribution in [2.45, 2.75) is 158 Å². The van der Waals surface area contributed by atoms with Crippen LogP contribution < -0.4 is 5.32 Å². The molecule has 10 N–H and O–H groups in total. The molecule has 0 aromatic carbocycles. The van der Waals surface area contributed by atoms with Gasteiger partial charge < -0.3 is 89.2 Å². The molecule has 0 bridgehead atoms. The molecule has 0 radical (unpaired) electrons. The molecule has 4 fully saturated rings. The first-order valence-electron chi connectivity index (χ1n) is 16.6. The van der Waals surface area contributed by atoms with Gasteiger partial charge in [-0.15, -0.1) is 0 Å². The van der Waals surface area contributed by atoms with Crippen LogP contribution in [0.25, 0.3) is 0 Å². The Morgan fingerprint density at radius 3 is 1.82 bits per heavy atom. The summed E-state index contributed by atoms with van der Waals surface area (Å²) in [6, 6.07) is -1.44. The summed E-state index contributed by atoms with van der Waals surface area (Å²) in [7, 11) is 0. The molecule has 4 aliphatic heterocycles. The van der Waals surface area contributed by atoms with E-state index in [1.807, 2.05) is 6.92 Å². The Bertz CT molecular complexity index is 1120. The fourth-order valence-corrected chi connectivity index (χ4v) is 6.42. The first kappa shape index (κ1) is 41.1. The number of aliphatic hydroxyl groups excluding tert-OH is 8. The van der Waals surface area contributed by atoms with Gasteiger partial charge in [-0.05, 0) is 20.3 Å². The van der Waals surface area contributed by atoms with Gasteiger partial charge in [0.2, 0.25) is 5.91 Å². The molecule has 4 saturated heterocycles. The Morgan fingerprint density at radius 2 is 1.22 bits per heavy atom. The lowest BCUT2D eigenvalue weighted by Crippen LogP contribution is -2.69. The SMILES string of the molecule is CCCO[C@@H]1OC(C)[C@H](O)[C@H](C)C1O[C@@H]1OC(CO)[C@H](O)[C@H](O[C@@H]2OC(C(=O)O)[C@H](O[C@@H]3O[C@@H](C)[C@H](O)C(O)C3O)[C@H](O)C2O)C1NC(C)=O. The van der Waals surface area contributed by atoms with E-state index in [0.717, 1.165) is 6.92 Å². The minimum absolute atomic E-state index is 0.270. The van der Waals surface area contributed by atoms with Crippen LogP contribution in [-0.4, -0.2) is 188 Å². The third kappa shape index (κ3) is 8.73. The lowest BCUT2D eigenvalue weighted by Gasteiger charge is -2.50. The van der Waals surface area contributed by atoms with Gasteiger partial charge in [-0.2, -0.15) is 0 Å². The fourth-order valence-electron chi connectivity index (χ4n) is 6.42. The Kier molecular flexibility index (Phi) is 14.3. The molecule has 0 aliphatic carbocycles. The van der Waals surface area contributed by atoms with Crippen molar-refractivity contribution in [2.24, 2.45) is 5.92 Å². The molecule has 0 aromatic rings. The minimum atomic E-state index is -2.11. The first-order chi connectivity index (χ1) is 23.5. The van der Waals surface area contributed by atoms with Gasteiger partial charge in [0, 0.05) is 19.4 Å². The Hall–Kier alpha value is -1.70. The zero-order valence-corrected chi connectivity index (χ0v) is 28.3. The molecule has 0 saturated carbocycles. The van der Waals surface area contributed by atoms with Crippen LogP contribution in [0.1, 0.15) is 41.0 Å². The van der Waals surface area contributed by atoms with Crippen molar-refractivity contribution in [3.05, 3.63) is 0 Å². The topological polar surface area (TPSA) is 302 Å². The van der Waals surface area contributed by atoms with E-state index in [1.165, 1.54) is 6.92 Å². The summed E-state index contributed by atoms with van der Waals surface area (Å²) in [5.74, 6) is -3.00. The lowest BCUT2D eigenvalue weighted by atomic mass is 9.90. The molecule has 20 nitrogen and oxygen atoms in total. The highest BCUT2D eigenvalue weighted by Gasteiger charge is 2.56. The van der Waals surface area contributed by atoms with Crippen LogP contribution in [0.5, 0.6) is 0 Å². The number of hydrogen-bond donors (Lipinski definition) is 10. The van der Waals surface area contributed by atoms with E-state index in [9.17, 15) is 55.5 Å². The molecule has 4 heterocycles. The number of carbonyl (C=O) groups is 2. The van der Waals surface area contributed by atoms with E-state index >= 15 is 0 Å². The summed E-state index contributed by atoms with van der Waals surface area (Å²) in [4.78, 5) is 24.7. The van der Waals surface area contributed by atoms with Crippen LogP contribution in [0.15, 0.2) is 0 Å². The number of carboxylic acids is 1. The van der Waals surface area contributed by atoms with Crippen molar-refractivity contribution in [1.29, 1.82) is 0 Å². The first-order valence-corrected chi connectivity index (χ1v) is 16.6. The van der Waals surface area contributed by atoms with Gasteiger partial charge in [-0.1, -0.05) is 13.8 Å². The van der Waals surface area contributed by atoms with E-state index in [0.29, 0.717) is 6.42 Å². The summed E-state index contributed by atoms with van der Waals surface area (Å²) in [6.45, 7) is 7.17. The summed E-state index contributed by atoms with van der Waals surface area (Å²) in [5, 5.41) is 97.2. The van der Waals surface area contributed by atoms with Crippen LogP contribution >= 0.6 is 0 Å². The number of amides is 1. The van der Waals surface area contributed by atoms with E-state index in [-0.39, 0.29) is 6.61 Å². The molecule has 8 unspecified atom stereocenters. The second-order valence-corrected chi connectivity index (χ2v) is 13.1. The molecule has 290 valence electrons. The third-order valence-corrected chi connectivity index (χ3v) is 9.33. The van der Waals surface area contributed by atoms with Crippen molar-refractivity contribution < 1.29 is 93.4 Å². The smallest absolute Gasteiger partial charge is 0.335 e. The Labute approximate surface area is 287 Å². The molecule has 4 rings (SSSR count). The largest absolute Gasteiger partial charge is 0.479 e. The van der Waals surface area contributed by atoms with Gasteiger partial charge in [-0.25, -0.2) is 4.79 Å². The maximum absolute atomic E-state index is 12.4. The number of carbonyl (C=O) groups excluding carboxylic acids is 1. The van der Waals surface area contributed by atoms with Crippen LogP contribution in [0.4, 0.5) is 0 Å². The molecule has 20 atom stereocenters. The predicted molar refractivity (Wildman–Crippen MR) is 160 cm³/mol. The quantitative estimate of drug-likeness (QED) is 0.0902. The molecule has 0 spiro atoms. The Balaban J connectivity index is 1.59. The standard InChI is InChI=1S/C30H51NO19/c1-6-7-43-30-22(9(2)15(34)10(3)45-30)47-27-14(31-12(5)33)23(17(36)13(8-32)46-27)48-29-21(40)19(38)24(25(50-29)26(41)42)49-28-20(39)18(37)16(35)11(4)44-28/h9-11,13-25,27-30,32,34-40H,6-8H2,1-5H3,(H,31,33)(H,41,42)/t9-,10?,11-,13?,14?,15+,16-,17-,18?,19+,20?,21?,22?,23+,24+,25?,27-,28-,29+,30+/m0/s1. The summed E-state index contributed by atoms with van der Waals surface area (Å²) < 4.78 is 46.0. The highest BCUT2D eigenvalue weighted by atomic mass is 16.8. The Morgan fingerprint density at radius 1 is 0.660 bits per heavy atom. The van der Waals surface area contributed by atoms with Crippen LogP contribution in [0.3, 0.4) is 0 Å². The molecule has 1 amide bonds. The third-order valence-electron chi connectivity index (χ3n) is 9.33. The average molecular weight is 730 g/mol. The fraction of sp³-hybridized carbons (Fsp3) is 0.933. The monoisotopic (exact) mass is 729 g/mol. The zero-order chi connectivity index (χ0) is 37.2. The van der Waals surface area contributed by atoms with Crippen molar-refractivity contribution in [3.8, 4) is 0 Å². The molecule has 0 aromatic heterocycles. The van der Waals surface area contributed by atoms with Crippen LogP contribution in [0.2, 0.25) is 0 Å². The van der Waals surface area contributed by atoms with E-state index in [1.54, 1.807) is 13.8 Å². The number of rotatable bonds is 12. The second kappa shape index (κ2) is 17.4. The highest BCUT2D eigenvalue weighted by Crippen LogP contribution is 2.36. The predicted octanol–water partition coefficient (Wildman–Crippen LogP) is -4.75. The van der Waals surface area contributed by atoms with Crippen molar-refractivity contribution in [3.63, 3.8) is 0 Å². The van der Waals surface area contributed by atoms with Crippen molar-refractivity contribution in [2.75, 3.05) is 13.2 Å². The van der Waals surface area contributed by atoms with E-state index in [2.05, 4.69) is 5.32 Å². The number of aliphatic carboxylic acids is 1. The van der Waals surface area contributed by atoms with Gasteiger partial charge in [0.25, 0.3) is 0 Å². The highest BCUT2D eigenvalue weighted by molar-refractivity contribution is 5.74. The number of aliphatic hydroxyl groups is 8. The van der Waals surface area contributed by atoms with E-state index < -0.39 is 141 Å². The second-order valence-electron chi connectivity index (χ2n) is 13.1. The van der Waals surface area contributed by atoms with Crippen LogP contribution in [0, 0.1) is 5.92 Å². The summed E-state index contributed by atoms with van der Waals surface area (Å²) in [6.07, 6.45) is -27.7. The minimum Gasteiger partial charge on any atom is -0.479 e. The van der Waals surface area contributed by atoms with Gasteiger partial charge in [0.1, 0.15) is 67.1 Å². The number of hydrogen-bond acceptors (Lipinski definition) is 18. The van der Waals surface area contributed by atoms with Gasteiger partial charge in [0.05, 0.1) is 24.9 Å². The molecule has 20 heteroatoms. The summed E-state index contributed by atoms with van der Waals surface area (Å²) in [5.41, 5.74) is 0. The number of carboxylic acid groups (broad SMARTS) is 1. The van der Waals surface area contributed by atoms with Crippen molar-refractivity contribution in [1.82, 2.24) is 5.32 Å². The van der Waals surface area contributed by atoms with Gasteiger partial charge in [0.15, 0.2) is 31.3 Å². The average Bonchev–Trinajstić information content (AvgIpc) is 3.06. The molecule has 4 aliphatic rings. The van der Waals surface area contributed by atoms with E-state index in [4.69, 9.17) is 37.9 Å².